The minimum absolute atomic E-state index is 0.0899. The summed E-state index contributed by atoms with van der Waals surface area (Å²) in [4.78, 5) is 4.75. The molecular weight excluding hydrogens is 544 g/mol. The van der Waals surface area contributed by atoms with E-state index in [1.54, 1.807) is 36.5 Å². The standard InChI is InChI=1S/C35H34N2O4S/c1-4-40-34-21-25(11-19-33(34)41-42(38,39)28-16-8-23(2)9-17-28)22-36-27-14-12-26(13-15-27)35-30-7-5-6-29(30)31-20-24(3)10-18-32(31)37-35/h5-6,8-22,29-30,35,37H,4,7H2,1-3H3/t29-,30+,35-/m0/s1. The van der Waals surface area contributed by atoms with Gasteiger partial charge in [-0.15, -0.1) is 0 Å². The minimum atomic E-state index is -4.00. The van der Waals surface area contributed by atoms with Crippen LogP contribution in [0.3, 0.4) is 0 Å². The molecule has 0 saturated heterocycles. The lowest BCUT2D eigenvalue weighted by molar-refractivity contribution is 0.327. The first-order valence-corrected chi connectivity index (χ1v) is 15.7. The molecule has 4 aromatic carbocycles. The van der Waals surface area contributed by atoms with Gasteiger partial charge in [0.1, 0.15) is 4.90 Å². The summed E-state index contributed by atoms with van der Waals surface area (Å²) in [6, 6.07) is 26.9. The molecule has 1 N–H and O–H groups in total. The maximum atomic E-state index is 12.8. The lowest BCUT2D eigenvalue weighted by atomic mass is 9.76. The van der Waals surface area contributed by atoms with E-state index >= 15 is 0 Å². The Morgan fingerprint density at radius 1 is 0.905 bits per heavy atom. The second kappa shape index (κ2) is 11.5. The van der Waals surface area contributed by atoms with Gasteiger partial charge in [0.25, 0.3) is 0 Å². The molecule has 3 atom stereocenters. The van der Waals surface area contributed by atoms with Crippen LogP contribution in [0.5, 0.6) is 11.5 Å². The molecule has 6 rings (SSSR count). The average molecular weight is 579 g/mol. The zero-order valence-corrected chi connectivity index (χ0v) is 24.8. The van der Waals surface area contributed by atoms with Crippen molar-refractivity contribution < 1.29 is 17.3 Å². The van der Waals surface area contributed by atoms with Crippen molar-refractivity contribution >= 4 is 27.7 Å². The molecule has 1 aliphatic heterocycles. The molecule has 1 aliphatic carbocycles. The van der Waals surface area contributed by atoms with Crippen LogP contribution < -0.4 is 14.2 Å². The molecular formula is C35H34N2O4S. The molecule has 7 heteroatoms. The number of fused-ring (bicyclic) bond motifs is 3. The van der Waals surface area contributed by atoms with Crippen molar-refractivity contribution in [3.63, 3.8) is 0 Å². The van der Waals surface area contributed by atoms with E-state index in [1.165, 1.54) is 34.5 Å². The lowest BCUT2D eigenvalue weighted by Crippen LogP contribution is -2.29. The first-order chi connectivity index (χ1) is 20.3. The van der Waals surface area contributed by atoms with Gasteiger partial charge in [0.15, 0.2) is 11.5 Å². The van der Waals surface area contributed by atoms with Gasteiger partial charge in [0.2, 0.25) is 0 Å². The summed E-state index contributed by atoms with van der Waals surface area (Å²) in [7, 11) is -4.00. The molecule has 0 unspecified atom stereocenters. The fourth-order valence-corrected chi connectivity index (χ4v) is 6.71. The largest absolute Gasteiger partial charge is 0.490 e. The molecule has 4 aromatic rings. The van der Waals surface area contributed by atoms with Crippen LogP contribution in [0.25, 0.3) is 0 Å². The number of hydrogen-bond acceptors (Lipinski definition) is 6. The predicted octanol–water partition coefficient (Wildman–Crippen LogP) is 8.05. The molecule has 2 aliphatic rings. The Morgan fingerprint density at radius 2 is 1.67 bits per heavy atom. The Bertz CT molecular complexity index is 1760. The Balaban J connectivity index is 1.18. The number of hydrogen-bond donors (Lipinski definition) is 1. The van der Waals surface area contributed by atoms with Gasteiger partial charge < -0.3 is 14.2 Å². The van der Waals surface area contributed by atoms with Crippen molar-refractivity contribution in [1.82, 2.24) is 0 Å². The summed E-state index contributed by atoms with van der Waals surface area (Å²) < 4.78 is 36.8. The van der Waals surface area contributed by atoms with Crippen molar-refractivity contribution in [2.24, 2.45) is 10.9 Å². The summed E-state index contributed by atoms with van der Waals surface area (Å²) in [5, 5.41) is 3.79. The number of benzene rings is 4. The maximum absolute atomic E-state index is 12.8. The highest BCUT2D eigenvalue weighted by molar-refractivity contribution is 7.87. The summed E-state index contributed by atoms with van der Waals surface area (Å²) >= 11 is 0. The van der Waals surface area contributed by atoms with Crippen LogP contribution in [-0.4, -0.2) is 21.2 Å². The van der Waals surface area contributed by atoms with Crippen molar-refractivity contribution in [2.45, 2.75) is 44.0 Å². The van der Waals surface area contributed by atoms with Gasteiger partial charge in [-0.1, -0.05) is 59.7 Å². The molecule has 0 bridgehead atoms. The number of nitrogens with one attached hydrogen (secondary N) is 1. The predicted molar refractivity (Wildman–Crippen MR) is 168 cm³/mol. The number of ether oxygens (including phenoxy) is 1. The van der Waals surface area contributed by atoms with Crippen LogP contribution in [0.2, 0.25) is 0 Å². The molecule has 0 fully saturated rings. The van der Waals surface area contributed by atoms with E-state index < -0.39 is 10.1 Å². The third-order valence-electron chi connectivity index (χ3n) is 7.91. The van der Waals surface area contributed by atoms with E-state index in [-0.39, 0.29) is 16.7 Å². The Hall–Kier alpha value is -4.36. The molecule has 0 aromatic heterocycles. The van der Waals surface area contributed by atoms with Crippen molar-refractivity contribution in [3.8, 4) is 11.5 Å². The van der Waals surface area contributed by atoms with Crippen LogP contribution >= 0.6 is 0 Å². The lowest BCUT2D eigenvalue weighted by Gasteiger charge is -2.37. The normalized spacial score (nSPS) is 19.3. The number of allylic oxidation sites excluding steroid dienone is 2. The highest BCUT2D eigenvalue weighted by atomic mass is 32.2. The molecule has 0 spiro atoms. The smallest absolute Gasteiger partial charge is 0.339 e. The summed E-state index contributed by atoms with van der Waals surface area (Å²) in [5.41, 5.74) is 7.70. The molecule has 0 amide bonds. The zero-order valence-electron chi connectivity index (χ0n) is 23.9. The van der Waals surface area contributed by atoms with Crippen molar-refractivity contribution in [1.29, 1.82) is 0 Å². The van der Waals surface area contributed by atoms with Crippen LogP contribution in [-0.2, 0) is 10.1 Å². The van der Waals surface area contributed by atoms with Gasteiger partial charge in [-0.2, -0.15) is 8.42 Å². The molecule has 1 heterocycles. The third kappa shape index (κ3) is 5.70. The van der Waals surface area contributed by atoms with Crippen molar-refractivity contribution in [2.75, 3.05) is 11.9 Å². The van der Waals surface area contributed by atoms with E-state index in [9.17, 15) is 8.42 Å². The third-order valence-corrected chi connectivity index (χ3v) is 9.16. The number of rotatable bonds is 8. The number of nitrogens with zero attached hydrogens (tertiary/aromatic N) is 1. The molecule has 214 valence electrons. The summed E-state index contributed by atoms with van der Waals surface area (Å²) in [5.74, 6) is 1.39. The highest BCUT2D eigenvalue weighted by Crippen LogP contribution is 2.50. The second-order valence-electron chi connectivity index (χ2n) is 10.9. The van der Waals surface area contributed by atoms with Gasteiger partial charge in [-0.3, -0.25) is 4.99 Å². The van der Waals surface area contributed by atoms with Crippen molar-refractivity contribution in [3.05, 3.63) is 125 Å². The molecule has 0 saturated carbocycles. The zero-order chi connectivity index (χ0) is 29.3. The first-order valence-electron chi connectivity index (χ1n) is 14.3. The quantitative estimate of drug-likeness (QED) is 0.130. The second-order valence-corrected chi connectivity index (χ2v) is 12.5. The van der Waals surface area contributed by atoms with Crippen LogP contribution in [0.4, 0.5) is 11.4 Å². The first kappa shape index (κ1) is 27.8. The fraction of sp³-hybridized carbons (Fsp3) is 0.229. The average Bonchev–Trinajstić information content (AvgIpc) is 3.48. The van der Waals surface area contributed by atoms with E-state index in [0.717, 1.165) is 23.2 Å². The Morgan fingerprint density at radius 3 is 2.43 bits per heavy atom. The SMILES string of the molecule is CCOc1cc(C=Nc2ccc([C@@H]3Nc4ccc(C)cc4[C@H]4C=CC[C@H]43)cc2)ccc1OS(=O)(=O)c1ccc(C)cc1. The molecule has 42 heavy (non-hydrogen) atoms. The van der Waals surface area contributed by atoms with Gasteiger partial charge >= 0.3 is 10.1 Å². The Kier molecular flexibility index (Phi) is 7.60. The fourth-order valence-electron chi connectivity index (χ4n) is 5.77. The monoisotopic (exact) mass is 578 g/mol. The van der Waals surface area contributed by atoms with E-state index in [4.69, 9.17) is 8.92 Å². The minimum Gasteiger partial charge on any atom is -0.490 e. The van der Waals surface area contributed by atoms with E-state index in [2.05, 4.69) is 59.7 Å². The highest BCUT2D eigenvalue weighted by Gasteiger charge is 2.37. The van der Waals surface area contributed by atoms with Gasteiger partial charge in [-0.05, 0) is 98.3 Å². The number of anilines is 1. The van der Waals surface area contributed by atoms with Gasteiger partial charge in [0, 0.05) is 17.8 Å². The molecule has 0 radical (unpaired) electrons. The number of aryl methyl sites for hydroxylation is 2. The number of aliphatic imine (C=N–C) groups is 1. The molecule has 6 nitrogen and oxygen atoms in total. The van der Waals surface area contributed by atoms with Crippen LogP contribution in [0.1, 0.15) is 53.1 Å². The maximum Gasteiger partial charge on any atom is 0.339 e. The Labute approximate surface area is 247 Å². The van der Waals surface area contributed by atoms with Crippen LogP contribution in [0.15, 0.2) is 107 Å². The summed E-state index contributed by atoms with van der Waals surface area (Å²) in [6.07, 6.45) is 7.47. The van der Waals surface area contributed by atoms with Gasteiger partial charge in [-0.25, -0.2) is 0 Å². The van der Waals surface area contributed by atoms with E-state index in [1.807, 2.05) is 26.0 Å². The van der Waals surface area contributed by atoms with Crippen LogP contribution in [0, 0.1) is 19.8 Å². The topological polar surface area (TPSA) is 77.0 Å². The van der Waals surface area contributed by atoms with E-state index in [0.29, 0.717) is 24.2 Å². The summed E-state index contributed by atoms with van der Waals surface area (Å²) in [6.45, 7) is 6.25. The van der Waals surface area contributed by atoms with Gasteiger partial charge in [0.05, 0.1) is 18.3 Å².